The maximum atomic E-state index is 13.2. The number of alkyl halides is 3. The number of benzene rings is 2. The number of piperazine rings is 1. The molecule has 1 aliphatic carbocycles. The van der Waals surface area contributed by atoms with Gasteiger partial charge < -0.3 is 30.1 Å². The van der Waals surface area contributed by atoms with Gasteiger partial charge in [-0.1, -0.05) is 23.7 Å². The zero-order chi connectivity index (χ0) is 32.3. The maximum absolute atomic E-state index is 13.2. The number of ether oxygens (including phenoxy) is 1. The molecule has 0 bridgehead atoms. The second-order valence-corrected chi connectivity index (χ2v) is 11.7. The molecule has 2 N–H and O–H groups in total. The summed E-state index contributed by atoms with van der Waals surface area (Å²) >= 11 is 6.03. The number of nitriles is 1. The van der Waals surface area contributed by atoms with Gasteiger partial charge in [0.1, 0.15) is 0 Å². The van der Waals surface area contributed by atoms with Gasteiger partial charge in [-0.2, -0.15) is 33.4 Å². The number of halogens is 4. The molecule has 12 nitrogen and oxygen atoms in total. The van der Waals surface area contributed by atoms with E-state index in [0.29, 0.717) is 48.4 Å². The molecule has 6 rings (SSSR count). The molecule has 0 atom stereocenters. The molecule has 240 valence electrons. The summed E-state index contributed by atoms with van der Waals surface area (Å²) in [7, 11) is 0. The Morgan fingerprint density at radius 3 is 2.15 bits per heavy atom. The van der Waals surface area contributed by atoms with Gasteiger partial charge in [0, 0.05) is 55.5 Å². The molecule has 2 aromatic carbocycles. The van der Waals surface area contributed by atoms with Crippen LogP contribution in [0.25, 0.3) is 0 Å². The predicted molar refractivity (Wildman–Crippen MR) is 164 cm³/mol. The molecular weight excluding hydrogens is 625 g/mol. The quantitative estimate of drug-likeness (QED) is 0.201. The van der Waals surface area contributed by atoms with Gasteiger partial charge in [-0.25, -0.2) is 0 Å². The van der Waals surface area contributed by atoms with Gasteiger partial charge >= 0.3 is 12.2 Å². The number of carbonyl (C=O) groups excluding carboxylic acids is 1. The first kappa shape index (κ1) is 31.2. The molecule has 1 amide bonds. The van der Waals surface area contributed by atoms with Crippen LogP contribution in [0, 0.1) is 11.5 Å². The van der Waals surface area contributed by atoms with Crippen molar-refractivity contribution in [2.24, 2.45) is 4.99 Å². The Kier molecular flexibility index (Phi) is 8.72. The molecule has 3 aromatic rings. The van der Waals surface area contributed by atoms with Crippen LogP contribution in [0.15, 0.2) is 53.5 Å². The first-order valence-electron chi connectivity index (χ1n) is 14.7. The highest BCUT2D eigenvalue weighted by atomic mass is 35.5. The average molecular weight is 655 g/mol. The van der Waals surface area contributed by atoms with Crippen molar-refractivity contribution >= 4 is 41.1 Å². The third-order valence-corrected chi connectivity index (χ3v) is 8.26. The number of anilines is 3. The van der Waals surface area contributed by atoms with Crippen molar-refractivity contribution in [2.45, 2.75) is 31.0 Å². The Labute approximate surface area is 267 Å². The Hall–Kier alpha value is -4.84. The Morgan fingerprint density at radius 2 is 1.57 bits per heavy atom. The minimum atomic E-state index is -4.58. The Balaban J connectivity index is 1.12. The van der Waals surface area contributed by atoms with Crippen LogP contribution in [0.4, 0.5) is 30.8 Å². The zero-order valence-corrected chi connectivity index (χ0v) is 25.4. The predicted octanol–water partition coefficient (Wildman–Crippen LogP) is 4.61. The monoisotopic (exact) mass is 654 g/mol. The second-order valence-electron chi connectivity index (χ2n) is 11.2. The highest BCUT2D eigenvalue weighted by molar-refractivity contribution is 6.30. The summed E-state index contributed by atoms with van der Waals surface area (Å²) in [5.74, 6) is 0.538. The van der Waals surface area contributed by atoms with Crippen molar-refractivity contribution in [2.75, 3.05) is 56.5 Å². The van der Waals surface area contributed by atoms with Gasteiger partial charge in [0.15, 0.2) is 6.61 Å². The van der Waals surface area contributed by atoms with Gasteiger partial charge in [0.05, 0.1) is 5.54 Å². The standard InChI is InChI=1S/C30H30ClF3N10O2/c31-22-6-4-21(5-7-22)29(10-11-29)41-26-38-25(39-27(40-26)46-18-30(32,33)34)37-23-8-2-20(3-9-23)24(45)42-14-16-44(17-15-42)28(36-19-35)43-12-1-13-43/h2-9H,1,10-18H2,(H2,37,38,39,40,41)/b36-28+. The summed E-state index contributed by atoms with van der Waals surface area (Å²) in [5.41, 5.74) is 1.43. The summed E-state index contributed by atoms with van der Waals surface area (Å²) in [6.07, 6.45) is -0.103. The van der Waals surface area contributed by atoms with Crippen molar-refractivity contribution in [3.63, 3.8) is 0 Å². The minimum absolute atomic E-state index is 0.0335. The van der Waals surface area contributed by atoms with Crippen LogP contribution in [0.5, 0.6) is 6.01 Å². The van der Waals surface area contributed by atoms with Crippen LogP contribution in [0.3, 0.4) is 0 Å². The zero-order valence-electron chi connectivity index (χ0n) is 24.6. The fourth-order valence-electron chi connectivity index (χ4n) is 5.29. The lowest BCUT2D eigenvalue weighted by atomic mass is 10.1. The number of amides is 1. The molecule has 0 unspecified atom stereocenters. The van der Waals surface area contributed by atoms with Gasteiger partial charge in [0.2, 0.25) is 24.0 Å². The number of carbonyl (C=O) groups is 1. The normalized spacial score (nSPS) is 17.5. The fraction of sp³-hybridized carbons (Fsp3) is 0.400. The van der Waals surface area contributed by atoms with Crippen LogP contribution in [0.2, 0.25) is 5.02 Å². The summed E-state index contributed by atoms with van der Waals surface area (Å²) in [6, 6.07) is 13.4. The van der Waals surface area contributed by atoms with Gasteiger partial charge in [0.25, 0.3) is 5.91 Å². The molecular formula is C30H30ClF3N10O2. The average Bonchev–Trinajstić information content (AvgIpc) is 3.79. The van der Waals surface area contributed by atoms with E-state index in [9.17, 15) is 18.0 Å². The smallest absolute Gasteiger partial charge is 0.422 e. The fourth-order valence-corrected chi connectivity index (χ4v) is 5.42. The highest BCUT2D eigenvalue weighted by Gasteiger charge is 2.45. The SMILES string of the molecule is N#C/N=C(\N1CCC1)N1CCN(C(=O)c2ccc(Nc3nc(NC4(c5ccc(Cl)cc5)CC4)nc(OCC(F)(F)F)n3)cc2)CC1. The van der Waals surface area contributed by atoms with Crippen molar-refractivity contribution in [3.05, 3.63) is 64.7 Å². The minimum Gasteiger partial charge on any atom is -0.454 e. The van der Waals surface area contributed by atoms with Crippen LogP contribution >= 0.6 is 11.6 Å². The summed E-state index contributed by atoms with van der Waals surface area (Å²) < 4.78 is 43.6. The topological polar surface area (TPSA) is 135 Å². The van der Waals surface area contributed by atoms with Crippen molar-refractivity contribution < 1.29 is 22.7 Å². The van der Waals surface area contributed by atoms with Crippen LogP contribution < -0.4 is 15.4 Å². The highest BCUT2D eigenvalue weighted by Crippen LogP contribution is 2.48. The molecule has 1 saturated carbocycles. The van der Waals surface area contributed by atoms with E-state index in [-0.39, 0.29) is 17.8 Å². The maximum Gasteiger partial charge on any atom is 0.422 e. The molecule has 3 heterocycles. The van der Waals surface area contributed by atoms with Gasteiger partial charge in [-0.3, -0.25) is 4.79 Å². The number of nitrogens with one attached hydrogen (secondary N) is 2. The molecule has 0 spiro atoms. The number of hydrogen-bond donors (Lipinski definition) is 2. The largest absolute Gasteiger partial charge is 0.454 e. The van der Waals surface area contributed by atoms with Gasteiger partial charge in [-0.15, -0.1) is 4.99 Å². The van der Waals surface area contributed by atoms with E-state index in [1.807, 2.05) is 23.2 Å². The van der Waals surface area contributed by atoms with E-state index in [0.717, 1.165) is 37.9 Å². The summed E-state index contributed by atoms with van der Waals surface area (Å²) in [6.45, 7) is 2.27. The van der Waals surface area contributed by atoms with Crippen LogP contribution in [0.1, 0.15) is 35.2 Å². The Morgan fingerprint density at radius 1 is 0.935 bits per heavy atom. The van der Waals surface area contributed by atoms with Crippen molar-refractivity contribution in [1.29, 1.82) is 5.26 Å². The van der Waals surface area contributed by atoms with Crippen LogP contribution in [-0.2, 0) is 5.54 Å². The lowest BCUT2D eigenvalue weighted by molar-refractivity contribution is -0.154. The van der Waals surface area contributed by atoms with E-state index >= 15 is 0 Å². The number of aromatic nitrogens is 3. The molecule has 1 aromatic heterocycles. The molecule has 0 radical (unpaired) electrons. The number of rotatable bonds is 8. The number of likely N-dealkylation sites (tertiary alicyclic amines) is 1. The second kappa shape index (κ2) is 12.9. The molecule has 46 heavy (non-hydrogen) atoms. The number of nitrogens with zero attached hydrogens (tertiary/aromatic N) is 8. The van der Waals surface area contributed by atoms with E-state index in [1.165, 1.54) is 0 Å². The molecule has 3 fully saturated rings. The third kappa shape index (κ3) is 7.34. The Bertz CT molecular complexity index is 1630. The first-order valence-corrected chi connectivity index (χ1v) is 15.1. The van der Waals surface area contributed by atoms with E-state index in [4.69, 9.17) is 21.6 Å². The molecule has 3 aliphatic rings. The summed E-state index contributed by atoms with van der Waals surface area (Å²) in [4.78, 5) is 35.6. The number of hydrogen-bond acceptors (Lipinski definition) is 9. The molecule has 2 saturated heterocycles. The van der Waals surface area contributed by atoms with E-state index in [2.05, 4.69) is 35.5 Å². The lowest BCUT2D eigenvalue weighted by Crippen LogP contribution is -2.57. The summed E-state index contributed by atoms with van der Waals surface area (Å²) in [5, 5.41) is 15.9. The van der Waals surface area contributed by atoms with Crippen molar-refractivity contribution in [1.82, 2.24) is 29.7 Å². The first-order chi connectivity index (χ1) is 22.1. The lowest BCUT2D eigenvalue weighted by Gasteiger charge is -2.42. The van der Waals surface area contributed by atoms with E-state index in [1.54, 1.807) is 41.3 Å². The molecule has 16 heteroatoms. The number of aliphatic imine (C=N–C) groups is 1. The van der Waals surface area contributed by atoms with Crippen molar-refractivity contribution in [3.8, 4) is 12.2 Å². The van der Waals surface area contributed by atoms with Crippen LogP contribution in [-0.4, -0.2) is 93.6 Å². The van der Waals surface area contributed by atoms with Gasteiger partial charge in [-0.05, 0) is 61.2 Å². The number of guanidine groups is 1. The van der Waals surface area contributed by atoms with E-state index < -0.39 is 24.3 Å². The molecule has 2 aliphatic heterocycles. The third-order valence-electron chi connectivity index (χ3n) is 8.00.